The van der Waals surface area contributed by atoms with Gasteiger partial charge in [0.1, 0.15) is 0 Å². The van der Waals surface area contributed by atoms with Gasteiger partial charge in [0.2, 0.25) is 5.91 Å². The molecule has 1 aliphatic rings. The molecule has 3 N–H and O–H groups in total. The average molecular weight is 332 g/mol. The van der Waals surface area contributed by atoms with Gasteiger partial charge in [0, 0.05) is 13.1 Å². The van der Waals surface area contributed by atoms with Crippen LogP contribution in [0.3, 0.4) is 0 Å². The number of hydrogen-bond acceptors (Lipinski definition) is 3. The van der Waals surface area contributed by atoms with Crippen LogP contribution in [0, 0.1) is 0 Å². The predicted molar refractivity (Wildman–Crippen MR) is 99.5 cm³/mol. The van der Waals surface area contributed by atoms with Gasteiger partial charge in [-0.05, 0) is 43.5 Å². The highest BCUT2D eigenvalue weighted by Gasteiger charge is 2.36. The van der Waals surface area contributed by atoms with Crippen LogP contribution in [0.15, 0.2) is 24.3 Å². The number of nitrogens with zero attached hydrogens (tertiary/aromatic N) is 1. The Morgan fingerprint density at radius 1 is 1.25 bits per heavy atom. The number of rotatable bonds is 9. The van der Waals surface area contributed by atoms with Gasteiger partial charge in [0.25, 0.3) is 0 Å². The van der Waals surface area contributed by atoms with Crippen LogP contribution in [-0.4, -0.2) is 29.4 Å². The number of nitrogens with one attached hydrogen (secondary N) is 1. The first-order chi connectivity index (χ1) is 11.6. The normalized spacial score (nSPS) is 16.5. The molecule has 4 nitrogen and oxygen atoms in total. The van der Waals surface area contributed by atoms with Gasteiger partial charge in [-0.2, -0.15) is 0 Å². The fourth-order valence-electron chi connectivity index (χ4n) is 3.42. The summed E-state index contributed by atoms with van der Waals surface area (Å²) in [5, 5.41) is 3.03. The Morgan fingerprint density at radius 2 is 1.96 bits per heavy atom. The van der Waals surface area contributed by atoms with Crippen molar-refractivity contribution in [3.05, 3.63) is 35.4 Å². The van der Waals surface area contributed by atoms with Gasteiger partial charge in [-0.1, -0.05) is 57.4 Å². The summed E-state index contributed by atoms with van der Waals surface area (Å²) in [5.74, 6) is 0.00327. The highest BCUT2D eigenvalue weighted by atomic mass is 16.2. The number of carbonyl (C=O) groups excluding carboxylic acids is 1. The zero-order valence-corrected chi connectivity index (χ0v) is 15.3. The third kappa shape index (κ3) is 5.32. The molecule has 0 aliphatic heterocycles. The van der Waals surface area contributed by atoms with Crippen molar-refractivity contribution in [2.45, 2.75) is 71.0 Å². The molecule has 1 aromatic rings. The molecular weight excluding hydrogens is 298 g/mol. The van der Waals surface area contributed by atoms with E-state index in [2.05, 4.69) is 48.3 Å². The molecule has 0 heterocycles. The lowest BCUT2D eigenvalue weighted by atomic mass is 9.98. The van der Waals surface area contributed by atoms with E-state index in [0.29, 0.717) is 6.54 Å². The van der Waals surface area contributed by atoms with Gasteiger partial charge in [-0.15, -0.1) is 0 Å². The number of benzene rings is 1. The van der Waals surface area contributed by atoms with Crippen molar-refractivity contribution in [2.75, 3.05) is 13.1 Å². The van der Waals surface area contributed by atoms with E-state index in [0.717, 1.165) is 50.9 Å². The molecule has 1 fully saturated rings. The molecule has 0 spiro atoms. The molecule has 0 saturated heterocycles. The summed E-state index contributed by atoms with van der Waals surface area (Å²) in [4.78, 5) is 14.8. The molecule has 24 heavy (non-hydrogen) atoms. The summed E-state index contributed by atoms with van der Waals surface area (Å²) in [6, 6.07) is 8.52. The third-order valence-corrected chi connectivity index (χ3v) is 5.07. The molecule has 1 aliphatic carbocycles. The van der Waals surface area contributed by atoms with Crippen molar-refractivity contribution in [3.8, 4) is 0 Å². The number of nitrogens with two attached hydrogens (primary N) is 1. The monoisotopic (exact) mass is 331 g/mol. The lowest BCUT2D eigenvalue weighted by molar-refractivity contribution is -0.126. The number of unbranched alkanes of at least 4 members (excludes halogenated alkanes) is 1. The zero-order chi connectivity index (χ0) is 17.4. The molecule has 2 rings (SSSR count). The van der Waals surface area contributed by atoms with E-state index in [4.69, 9.17) is 5.73 Å². The molecule has 1 saturated carbocycles. The molecule has 1 aromatic carbocycles. The smallest absolute Gasteiger partial charge is 0.240 e. The summed E-state index contributed by atoms with van der Waals surface area (Å²) in [7, 11) is 0. The van der Waals surface area contributed by atoms with Crippen LogP contribution in [0.5, 0.6) is 0 Å². The number of hydrogen-bond donors (Lipinski definition) is 2. The summed E-state index contributed by atoms with van der Waals surface area (Å²) in [6.45, 7) is 8.18. The van der Waals surface area contributed by atoms with Crippen LogP contribution in [0.4, 0.5) is 0 Å². The van der Waals surface area contributed by atoms with Gasteiger partial charge >= 0.3 is 0 Å². The standard InChI is InChI=1S/C20H33N3O/c1-3-5-13-23(4-2)16-18-10-8-9-17(14-18)15-22-19(24)20(21)11-6-7-12-20/h8-10,14H,3-7,11-13,15-16,21H2,1-2H3,(H,22,24). The van der Waals surface area contributed by atoms with Crippen LogP contribution in [0.2, 0.25) is 0 Å². The molecule has 0 aromatic heterocycles. The largest absolute Gasteiger partial charge is 0.350 e. The maximum atomic E-state index is 12.3. The molecule has 0 unspecified atom stereocenters. The summed E-state index contributed by atoms with van der Waals surface area (Å²) in [6.07, 6.45) is 6.20. The Morgan fingerprint density at radius 3 is 2.62 bits per heavy atom. The fraction of sp³-hybridized carbons (Fsp3) is 0.650. The Kier molecular flexibility index (Phi) is 7.25. The van der Waals surface area contributed by atoms with Gasteiger partial charge in [0.05, 0.1) is 5.54 Å². The number of carbonyl (C=O) groups is 1. The maximum absolute atomic E-state index is 12.3. The minimum Gasteiger partial charge on any atom is -0.350 e. The predicted octanol–water partition coefficient (Wildman–Crippen LogP) is 3.20. The van der Waals surface area contributed by atoms with E-state index in [1.807, 2.05) is 0 Å². The van der Waals surface area contributed by atoms with Crippen molar-refractivity contribution < 1.29 is 4.79 Å². The molecule has 4 heteroatoms. The highest BCUT2D eigenvalue weighted by molar-refractivity contribution is 5.86. The minimum atomic E-state index is -0.642. The van der Waals surface area contributed by atoms with E-state index in [-0.39, 0.29) is 5.91 Å². The van der Waals surface area contributed by atoms with Crippen molar-refractivity contribution in [1.29, 1.82) is 0 Å². The molecule has 1 amide bonds. The Hall–Kier alpha value is -1.39. The van der Waals surface area contributed by atoms with E-state index in [1.54, 1.807) is 0 Å². The Bertz CT molecular complexity index is 523. The van der Waals surface area contributed by atoms with E-state index in [1.165, 1.54) is 18.4 Å². The molecule has 0 atom stereocenters. The average Bonchev–Trinajstić information content (AvgIpc) is 3.04. The second kappa shape index (κ2) is 9.19. The SMILES string of the molecule is CCCCN(CC)Cc1cccc(CNC(=O)C2(N)CCCC2)c1. The molecular formula is C20H33N3O. The van der Waals surface area contributed by atoms with E-state index in [9.17, 15) is 4.79 Å². The van der Waals surface area contributed by atoms with Crippen molar-refractivity contribution in [3.63, 3.8) is 0 Å². The second-order valence-corrected chi connectivity index (χ2v) is 7.09. The summed E-state index contributed by atoms with van der Waals surface area (Å²) in [5.41, 5.74) is 8.02. The zero-order valence-electron chi connectivity index (χ0n) is 15.3. The minimum absolute atomic E-state index is 0.00327. The lowest BCUT2D eigenvalue weighted by Crippen LogP contribution is -2.51. The van der Waals surface area contributed by atoms with Crippen LogP contribution in [0.1, 0.15) is 63.5 Å². The molecule has 0 bridgehead atoms. The highest BCUT2D eigenvalue weighted by Crippen LogP contribution is 2.27. The van der Waals surface area contributed by atoms with Crippen molar-refractivity contribution in [1.82, 2.24) is 10.2 Å². The maximum Gasteiger partial charge on any atom is 0.240 e. The first kappa shape index (κ1) is 18.9. The summed E-state index contributed by atoms with van der Waals surface area (Å²) >= 11 is 0. The van der Waals surface area contributed by atoms with Gasteiger partial charge in [-0.25, -0.2) is 0 Å². The molecule has 0 radical (unpaired) electrons. The van der Waals surface area contributed by atoms with Gasteiger partial charge < -0.3 is 11.1 Å². The first-order valence-corrected chi connectivity index (χ1v) is 9.44. The second-order valence-electron chi connectivity index (χ2n) is 7.09. The van der Waals surface area contributed by atoms with Crippen LogP contribution >= 0.6 is 0 Å². The lowest BCUT2D eigenvalue weighted by Gasteiger charge is -2.23. The third-order valence-electron chi connectivity index (χ3n) is 5.07. The fourth-order valence-corrected chi connectivity index (χ4v) is 3.42. The van der Waals surface area contributed by atoms with Crippen molar-refractivity contribution in [2.24, 2.45) is 5.73 Å². The first-order valence-electron chi connectivity index (χ1n) is 9.44. The quantitative estimate of drug-likeness (QED) is 0.730. The number of amides is 1. The van der Waals surface area contributed by atoms with E-state index >= 15 is 0 Å². The van der Waals surface area contributed by atoms with Crippen LogP contribution in [-0.2, 0) is 17.9 Å². The van der Waals surface area contributed by atoms with E-state index < -0.39 is 5.54 Å². The summed E-state index contributed by atoms with van der Waals surface area (Å²) < 4.78 is 0. The van der Waals surface area contributed by atoms with Gasteiger partial charge in [-0.3, -0.25) is 9.69 Å². The van der Waals surface area contributed by atoms with Crippen LogP contribution < -0.4 is 11.1 Å². The topological polar surface area (TPSA) is 58.4 Å². The van der Waals surface area contributed by atoms with Crippen molar-refractivity contribution >= 4 is 5.91 Å². The Balaban J connectivity index is 1.89. The Labute approximate surface area is 146 Å². The molecule has 134 valence electrons. The van der Waals surface area contributed by atoms with Gasteiger partial charge in [0.15, 0.2) is 0 Å². The van der Waals surface area contributed by atoms with Crippen LogP contribution in [0.25, 0.3) is 0 Å².